The minimum absolute atomic E-state index is 0.420. The quantitative estimate of drug-likeness (QED) is 0.674. The van der Waals surface area contributed by atoms with Gasteiger partial charge in [0.05, 0.1) is 12.6 Å². The summed E-state index contributed by atoms with van der Waals surface area (Å²) in [6.07, 6.45) is 9.07. The van der Waals surface area contributed by atoms with Gasteiger partial charge in [0.1, 0.15) is 0 Å². The highest BCUT2D eigenvalue weighted by molar-refractivity contribution is 6.08. The van der Waals surface area contributed by atoms with Gasteiger partial charge in [-0.2, -0.15) is 0 Å². The first kappa shape index (κ1) is 12.3. The van der Waals surface area contributed by atoms with E-state index in [1.54, 1.807) is 22.3 Å². The molecule has 20 heavy (non-hydrogen) atoms. The molecule has 0 aromatic carbocycles. The lowest BCUT2D eigenvalue weighted by atomic mass is 9.68. The van der Waals surface area contributed by atoms with Crippen molar-refractivity contribution in [3.63, 3.8) is 0 Å². The van der Waals surface area contributed by atoms with Crippen LogP contribution in [0.15, 0.2) is 44.9 Å². The van der Waals surface area contributed by atoms with Crippen LogP contribution in [-0.4, -0.2) is 24.0 Å². The van der Waals surface area contributed by atoms with Crippen LogP contribution in [0.5, 0.6) is 0 Å². The van der Waals surface area contributed by atoms with Crippen LogP contribution in [0.1, 0.15) is 45.4 Å². The maximum Gasteiger partial charge on any atom is 0.0612 e. The fourth-order valence-corrected chi connectivity index (χ4v) is 4.49. The smallest absolute Gasteiger partial charge is 0.0612 e. The minimum Gasteiger partial charge on any atom is -0.290 e. The van der Waals surface area contributed by atoms with Crippen LogP contribution in [0, 0.1) is 5.92 Å². The van der Waals surface area contributed by atoms with Crippen LogP contribution in [0.3, 0.4) is 0 Å². The van der Waals surface area contributed by atoms with E-state index in [4.69, 9.17) is 9.98 Å². The van der Waals surface area contributed by atoms with Crippen LogP contribution < -0.4 is 0 Å². The third-order valence-corrected chi connectivity index (χ3v) is 5.25. The van der Waals surface area contributed by atoms with Gasteiger partial charge in [-0.15, -0.1) is 6.58 Å². The van der Waals surface area contributed by atoms with Gasteiger partial charge in [-0.25, -0.2) is 0 Å². The fraction of sp³-hybridized carbons (Fsp3) is 0.556. The molecule has 0 spiro atoms. The molecular formula is C18H22N2. The van der Waals surface area contributed by atoms with Crippen LogP contribution in [0.4, 0.5) is 0 Å². The van der Waals surface area contributed by atoms with E-state index in [1.807, 2.05) is 6.08 Å². The first-order chi connectivity index (χ1) is 9.78. The summed E-state index contributed by atoms with van der Waals surface area (Å²) in [4.78, 5) is 9.73. The van der Waals surface area contributed by atoms with Crippen LogP contribution >= 0.6 is 0 Å². The molecule has 0 radical (unpaired) electrons. The van der Waals surface area contributed by atoms with Gasteiger partial charge in [0, 0.05) is 23.8 Å². The molecule has 0 N–H and O–H groups in total. The van der Waals surface area contributed by atoms with Gasteiger partial charge in [0.25, 0.3) is 0 Å². The lowest BCUT2D eigenvalue weighted by Gasteiger charge is -2.38. The Balaban J connectivity index is 1.81. The molecule has 2 heterocycles. The highest BCUT2D eigenvalue weighted by Crippen LogP contribution is 2.47. The molecule has 0 bridgehead atoms. The van der Waals surface area contributed by atoms with E-state index in [0.29, 0.717) is 12.0 Å². The zero-order chi connectivity index (χ0) is 13.7. The standard InChI is InChI=1S/C18H22N2/c1-3-5-16-15-9-12-10-19-17-7-4-6-13(18(12)17)14(15)8-11(2)20-16/h3,15-16H,1,4-10H2,2H3. The predicted octanol–water partition coefficient (Wildman–Crippen LogP) is 4.05. The summed E-state index contributed by atoms with van der Waals surface area (Å²) in [5.74, 6) is 0.623. The molecule has 0 saturated heterocycles. The Morgan fingerprint density at radius 3 is 3.10 bits per heavy atom. The lowest BCUT2D eigenvalue weighted by molar-refractivity contribution is 0.448. The molecule has 2 heteroatoms. The van der Waals surface area contributed by atoms with E-state index >= 15 is 0 Å². The molecule has 0 aromatic rings. The lowest BCUT2D eigenvalue weighted by Crippen LogP contribution is -2.32. The molecule has 4 rings (SSSR count). The van der Waals surface area contributed by atoms with E-state index < -0.39 is 0 Å². The Kier molecular flexibility index (Phi) is 2.80. The van der Waals surface area contributed by atoms with E-state index in [2.05, 4.69) is 13.5 Å². The SMILES string of the molecule is C=CCC1N=C(C)CC2=C3CCCC4=NCC(=C43)CC21. The van der Waals surface area contributed by atoms with Gasteiger partial charge >= 0.3 is 0 Å². The van der Waals surface area contributed by atoms with Crippen molar-refractivity contribution in [2.24, 2.45) is 15.9 Å². The molecule has 2 nitrogen and oxygen atoms in total. The number of rotatable bonds is 2. The number of nitrogens with zero attached hydrogens (tertiary/aromatic N) is 2. The molecule has 2 aliphatic heterocycles. The molecule has 2 atom stereocenters. The molecule has 2 aliphatic carbocycles. The molecular weight excluding hydrogens is 244 g/mol. The summed E-state index contributed by atoms with van der Waals surface area (Å²) in [6, 6.07) is 0.420. The summed E-state index contributed by atoms with van der Waals surface area (Å²) >= 11 is 0. The number of hydrogen-bond acceptors (Lipinski definition) is 2. The summed E-state index contributed by atoms with van der Waals surface area (Å²) < 4.78 is 0. The monoisotopic (exact) mass is 266 g/mol. The van der Waals surface area contributed by atoms with Crippen molar-refractivity contribution in [1.82, 2.24) is 0 Å². The van der Waals surface area contributed by atoms with Crippen molar-refractivity contribution in [1.29, 1.82) is 0 Å². The van der Waals surface area contributed by atoms with Gasteiger partial charge in [0.15, 0.2) is 0 Å². The van der Waals surface area contributed by atoms with Crippen molar-refractivity contribution < 1.29 is 0 Å². The predicted molar refractivity (Wildman–Crippen MR) is 84.6 cm³/mol. The van der Waals surface area contributed by atoms with E-state index in [1.165, 1.54) is 37.1 Å². The first-order valence-corrected chi connectivity index (χ1v) is 7.90. The molecule has 1 saturated carbocycles. The maximum absolute atomic E-state index is 4.93. The van der Waals surface area contributed by atoms with Crippen molar-refractivity contribution in [2.45, 2.75) is 51.5 Å². The fourth-order valence-electron chi connectivity index (χ4n) is 4.49. The van der Waals surface area contributed by atoms with Gasteiger partial charge < -0.3 is 0 Å². The Labute approximate surface area is 121 Å². The van der Waals surface area contributed by atoms with Crippen LogP contribution in [0.25, 0.3) is 0 Å². The van der Waals surface area contributed by atoms with Crippen molar-refractivity contribution in [2.75, 3.05) is 6.54 Å². The topological polar surface area (TPSA) is 24.7 Å². The van der Waals surface area contributed by atoms with Crippen LogP contribution in [0.2, 0.25) is 0 Å². The normalized spacial score (nSPS) is 31.6. The minimum atomic E-state index is 0.420. The van der Waals surface area contributed by atoms with E-state index in [-0.39, 0.29) is 0 Å². The Morgan fingerprint density at radius 1 is 1.35 bits per heavy atom. The molecule has 4 aliphatic rings. The molecule has 104 valence electrons. The highest BCUT2D eigenvalue weighted by atomic mass is 14.8. The second-order valence-corrected chi connectivity index (χ2v) is 6.54. The zero-order valence-electron chi connectivity index (χ0n) is 12.3. The maximum atomic E-state index is 4.93. The summed E-state index contributed by atoms with van der Waals surface area (Å²) in [5, 5.41) is 0. The van der Waals surface area contributed by atoms with Crippen LogP contribution in [-0.2, 0) is 0 Å². The Bertz CT molecular complexity index is 601. The van der Waals surface area contributed by atoms with Gasteiger partial charge in [-0.1, -0.05) is 11.6 Å². The van der Waals surface area contributed by atoms with Gasteiger partial charge in [-0.05, 0) is 55.7 Å². The molecule has 2 unspecified atom stereocenters. The summed E-state index contributed by atoms with van der Waals surface area (Å²) in [6.45, 7) is 7.08. The van der Waals surface area contributed by atoms with Gasteiger partial charge in [0.2, 0.25) is 0 Å². The Hall–Kier alpha value is -1.44. The van der Waals surface area contributed by atoms with Crippen molar-refractivity contribution in [3.8, 4) is 0 Å². The van der Waals surface area contributed by atoms with Gasteiger partial charge in [-0.3, -0.25) is 9.98 Å². The average Bonchev–Trinajstić information content (AvgIpc) is 2.85. The van der Waals surface area contributed by atoms with Crippen molar-refractivity contribution >= 4 is 11.4 Å². The molecule has 0 amide bonds. The number of fused-ring (bicyclic) bond motifs is 1. The number of aliphatic imine (C=N–C) groups is 2. The van der Waals surface area contributed by atoms with E-state index in [9.17, 15) is 0 Å². The molecule has 0 aromatic heterocycles. The largest absolute Gasteiger partial charge is 0.290 e. The zero-order valence-corrected chi connectivity index (χ0v) is 12.3. The van der Waals surface area contributed by atoms with E-state index in [0.717, 1.165) is 19.4 Å². The summed E-state index contributed by atoms with van der Waals surface area (Å²) in [5.41, 5.74) is 9.25. The number of hydrogen-bond donors (Lipinski definition) is 0. The number of allylic oxidation sites excluding steroid dienone is 2. The molecule has 1 fully saturated rings. The average molecular weight is 266 g/mol. The second-order valence-electron chi connectivity index (χ2n) is 6.54. The third kappa shape index (κ3) is 1.70. The van der Waals surface area contributed by atoms with Crippen molar-refractivity contribution in [3.05, 3.63) is 34.9 Å². The second kappa shape index (κ2) is 4.54. The summed E-state index contributed by atoms with van der Waals surface area (Å²) in [7, 11) is 0. The highest BCUT2D eigenvalue weighted by Gasteiger charge is 2.39. The Morgan fingerprint density at radius 2 is 2.25 bits per heavy atom. The first-order valence-electron chi connectivity index (χ1n) is 7.90. The third-order valence-electron chi connectivity index (χ3n) is 5.25.